The lowest BCUT2D eigenvalue weighted by Crippen LogP contribution is -1.72. The minimum absolute atomic E-state index is 0.607. The van der Waals surface area contributed by atoms with Crippen molar-refractivity contribution in [3.05, 3.63) is 40.9 Å². The Morgan fingerprint density at radius 1 is 1.07 bits per heavy atom. The van der Waals surface area contributed by atoms with Crippen molar-refractivity contribution in [1.82, 2.24) is 4.98 Å². The van der Waals surface area contributed by atoms with Gasteiger partial charge in [-0.1, -0.05) is 35.9 Å². The lowest BCUT2D eigenvalue weighted by atomic mass is 10.1. The van der Waals surface area contributed by atoms with Gasteiger partial charge in [0.1, 0.15) is 0 Å². The first kappa shape index (κ1) is 8.21. The molecule has 0 aliphatic rings. The maximum absolute atomic E-state index is 5.86. The summed E-state index contributed by atoms with van der Waals surface area (Å²) in [7, 11) is 0. The topological polar surface area (TPSA) is 12.9 Å². The van der Waals surface area contributed by atoms with Gasteiger partial charge in [-0.2, -0.15) is 0 Å². The highest BCUT2D eigenvalue weighted by molar-refractivity contribution is 7.22. The van der Waals surface area contributed by atoms with Crippen molar-refractivity contribution < 1.29 is 0 Å². The molecule has 3 aromatic rings. The maximum Gasteiger partial charge on any atom is 0.184 e. The van der Waals surface area contributed by atoms with Crippen LogP contribution in [0.25, 0.3) is 21.0 Å². The summed E-state index contributed by atoms with van der Waals surface area (Å²) in [5.41, 5.74) is 0.985. The van der Waals surface area contributed by atoms with Crippen LogP contribution in [0.5, 0.6) is 0 Å². The van der Waals surface area contributed by atoms with E-state index in [9.17, 15) is 0 Å². The van der Waals surface area contributed by atoms with E-state index in [1.807, 2.05) is 12.1 Å². The number of hydrogen-bond donors (Lipinski definition) is 0. The van der Waals surface area contributed by atoms with Gasteiger partial charge in [0.05, 0.1) is 10.2 Å². The third-order valence-electron chi connectivity index (χ3n) is 2.23. The molecule has 0 radical (unpaired) electrons. The molecular formula is C11H6ClNS. The van der Waals surface area contributed by atoms with Crippen molar-refractivity contribution in [3.8, 4) is 0 Å². The summed E-state index contributed by atoms with van der Waals surface area (Å²) >= 11 is 7.38. The molecule has 0 saturated heterocycles. The minimum Gasteiger partial charge on any atom is -0.225 e. The van der Waals surface area contributed by atoms with Gasteiger partial charge in [-0.3, -0.25) is 0 Å². The van der Waals surface area contributed by atoms with Crippen LogP contribution in [-0.4, -0.2) is 4.98 Å². The molecule has 1 aromatic heterocycles. The van der Waals surface area contributed by atoms with Gasteiger partial charge in [0.15, 0.2) is 4.47 Å². The summed E-state index contributed by atoms with van der Waals surface area (Å²) in [4.78, 5) is 4.25. The molecule has 0 N–H and O–H groups in total. The van der Waals surface area contributed by atoms with Crippen molar-refractivity contribution >= 4 is 43.9 Å². The smallest absolute Gasteiger partial charge is 0.184 e. The van der Waals surface area contributed by atoms with E-state index in [0.29, 0.717) is 4.47 Å². The second-order valence-electron chi connectivity index (χ2n) is 3.13. The minimum atomic E-state index is 0.607. The molecule has 68 valence electrons. The van der Waals surface area contributed by atoms with Crippen LogP contribution in [0.1, 0.15) is 0 Å². The summed E-state index contributed by atoms with van der Waals surface area (Å²) < 4.78 is 1.75. The number of halogens is 1. The fourth-order valence-electron chi connectivity index (χ4n) is 1.58. The number of thiazole rings is 1. The van der Waals surface area contributed by atoms with E-state index in [1.165, 1.54) is 22.1 Å². The molecule has 1 heterocycles. The molecule has 0 saturated carbocycles. The van der Waals surface area contributed by atoms with E-state index in [0.717, 1.165) is 10.2 Å². The van der Waals surface area contributed by atoms with Gasteiger partial charge in [-0.05, 0) is 22.9 Å². The van der Waals surface area contributed by atoms with Gasteiger partial charge < -0.3 is 0 Å². The third kappa shape index (κ3) is 1.19. The van der Waals surface area contributed by atoms with Gasteiger partial charge >= 0.3 is 0 Å². The van der Waals surface area contributed by atoms with Crippen LogP contribution in [0.4, 0.5) is 0 Å². The monoisotopic (exact) mass is 219 g/mol. The maximum atomic E-state index is 5.86. The Morgan fingerprint density at radius 3 is 2.57 bits per heavy atom. The van der Waals surface area contributed by atoms with Crippen molar-refractivity contribution in [2.24, 2.45) is 0 Å². The van der Waals surface area contributed by atoms with E-state index in [2.05, 4.69) is 29.2 Å². The highest BCUT2D eigenvalue weighted by atomic mass is 35.5. The Morgan fingerprint density at radius 2 is 1.79 bits per heavy atom. The molecule has 0 fully saturated rings. The van der Waals surface area contributed by atoms with Crippen LogP contribution in [0.2, 0.25) is 4.47 Å². The fraction of sp³-hybridized carbons (Fsp3) is 0. The molecule has 3 rings (SSSR count). The van der Waals surface area contributed by atoms with Crippen LogP contribution in [-0.2, 0) is 0 Å². The fourth-order valence-corrected chi connectivity index (χ4v) is 2.65. The normalized spacial score (nSPS) is 11.2. The lowest BCUT2D eigenvalue weighted by Gasteiger charge is -1.95. The molecule has 1 nitrogen and oxygen atoms in total. The Kier molecular flexibility index (Phi) is 1.72. The van der Waals surface area contributed by atoms with Gasteiger partial charge in [0.25, 0.3) is 0 Å². The highest BCUT2D eigenvalue weighted by Gasteiger charge is 2.02. The molecule has 0 amide bonds. The molecule has 2 aromatic carbocycles. The van der Waals surface area contributed by atoms with E-state index < -0.39 is 0 Å². The van der Waals surface area contributed by atoms with Crippen molar-refractivity contribution in [2.45, 2.75) is 0 Å². The van der Waals surface area contributed by atoms with E-state index in [4.69, 9.17) is 11.6 Å². The predicted octanol–water partition coefficient (Wildman–Crippen LogP) is 4.10. The average Bonchev–Trinajstić information content (AvgIpc) is 2.53. The van der Waals surface area contributed by atoms with Crippen LogP contribution in [0, 0.1) is 0 Å². The number of fused-ring (bicyclic) bond motifs is 2. The van der Waals surface area contributed by atoms with Crippen LogP contribution >= 0.6 is 22.9 Å². The Bertz CT molecular complexity index is 562. The number of aromatic nitrogens is 1. The number of nitrogens with zero attached hydrogens (tertiary/aromatic N) is 1. The van der Waals surface area contributed by atoms with Crippen LogP contribution in [0.3, 0.4) is 0 Å². The number of rotatable bonds is 0. The SMILES string of the molecule is Clc1nc2cc3ccccc3cc2s1. The largest absolute Gasteiger partial charge is 0.225 e. The van der Waals surface area contributed by atoms with Gasteiger partial charge in [0, 0.05) is 0 Å². The summed E-state index contributed by atoms with van der Waals surface area (Å²) in [5.74, 6) is 0. The Balaban J connectivity index is 2.51. The van der Waals surface area contributed by atoms with E-state index in [1.54, 1.807) is 0 Å². The molecule has 0 atom stereocenters. The zero-order chi connectivity index (χ0) is 9.54. The molecule has 3 heteroatoms. The van der Waals surface area contributed by atoms with Crippen LogP contribution in [0.15, 0.2) is 36.4 Å². The first-order valence-electron chi connectivity index (χ1n) is 4.28. The quantitative estimate of drug-likeness (QED) is 0.555. The Labute approximate surface area is 90.0 Å². The first-order chi connectivity index (χ1) is 6.83. The molecular weight excluding hydrogens is 214 g/mol. The predicted molar refractivity (Wildman–Crippen MR) is 62.1 cm³/mol. The summed E-state index contributed by atoms with van der Waals surface area (Å²) in [6.45, 7) is 0. The second kappa shape index (κ2) is 2.94. The van der Waals surface area contributed by atoms with Crippen LogP contribution < -0.4 is 0 Å². The second-order valence-corrected chi connectivity index (χ2v) is 4.75. The van der Waals surface area contributed by atoms with Gasteiger partial charge in [0.2, 0.25) is 0 Å². The first-order valence-corrected chi connectivity index (χ1v) is 5.47. The summed E-state index contributed by atoms with van der Waals surface area (Å²) in [6, 6.07) is 12.5. The molecule has 0 aliphatic carbocycles. The summed E-state index contributed by atoms with van der Waals surface area (Å²) in [5, 5.41) is 2.45. The third-order valence-corrected chi connectivity index (χ3v) is 3.35. The number of benzene rings is 2. The van der Waals surface area contributed by atoms with E-state index in [-0.39, 0.29) is 0 Å². The van der Waals surface area contributed by atoms with Crippen molar-refractivity contribution in [2.75, 3.05) is 0 Å². The number of hydrogen-bond acceptors (Lipinski definition) is 2. The molecule has 0 aliphatic heterocycles. The van der Waals surface area contributed by atoms with Gasteiger partial charge in [-0.25, -0.2) is 4.98 Å². The molecule has 0 bridgehead atoms. The molecule has 0 unspecified atom stereocenters. The zero-order valence-electron chi connectivity index (χ0n) is 7.20. The summed E-state index contributed by atoms with van der Waals surface area (Å²) in [6.07, 6.45) is 0. The van der Waals surface area contributed by atoms with Gasteiger partial charge in [-0.15, -0.1) is 11.3 Å². The average molecular weight is 220 g/mol. The molecule has 0 spiro atoms. The standard InChI is InChI=1S/C11H6ClNS/c12-11-13-9-5-7-3-1-2-4-8(7)6-10(9)14-11/h1-6H. The lowest BCUT2D eigenvalue weighted by molar-refractivity contribution is 1.51. The Hall–Kier alpha value is -1.12. The van der Waals surface area contributed by atoms with E-state index >= 15 is 0 Å². The zero-order valence-corrected chi connectivity index (χ0v) is 8.77. The molecule has 14 heavy (non-hydrogen) atoms. The highest BCUT2D eigenvalue weighted by Crippen LogP contribution is 2.29. The van der Waals surface area contributed by atoms with Crippen molar-refractivity contribution in [1.29, 1.82) is 0 Å². The van der Waals surface area contributed by atoms with Crippen molar-refractivity contribution in [3.63, 3.8) is 0 Å².